The molecule has 1 heterocycles. The summed E-state index contributed by atoms with van der Waals surface area (Å²) in [6.07, 6.45) is 1.13. The molecule has 3 N–H and O–H groups in total. The van der Waals surface area contributed by atoms with Crippen molar-refractivity contribution in [2.24, 2.45) is 0 Å². The minimum absolute atomic E-state index is 0.0452. The molecule has 1 aliphatic carbocycles. The van der Waals surface area contributed by atoms with Gasteiger partial charge in [0.15, 0.2) is 17.3 Å². The van der Waals surface area contributed by atoms with Crippen LogP contribution in [0.1, 0.15) is 35.9 Å². The lowest BCUT2D eigenvalue weighted by molar-refractivity contribution is -0.116. The number of allylic oxidation sites excluding steroid dienone is 1. The first kappa shape index (κ1) is 20.9. The number of ether oxygens (including phenoxy) is 2. The molecule has 0 aromatic heterocycles. The molecule has 33 heavy (non-hydrogen) atoms. The summed E-state index contributed by atoms with van der Waals surface area (Å²) < 4.78 is 10.5. The molecule has 0 radical (unpaired) electrons. The summed E-state index contributed by atoms with van der Waals surface area (Å²) in [6, 6.07) is 20.7. The molecule has 1 aliphatic heterocycles. The van der Waals surface area contributed by atoms with Gasteiger partial charge in [-0.1, -0.05) is 30.3 Å². The van der Waals surface area contributed by atoms with Gasteiger partial charge in [-0.2, -0.15) is 0 Å². The van der Waals surface area contributed by atoms with Crippen LogP contribution >= 0.6 is 0 Å². The van der Waals surface area contributed by atoms with Crippen LogP contribution in [0.4, 0.5) is 11.4 Å². The molecule has 6 heteroatoms. The lowest BCUT2D eigenvalue weighted by atomic mass is 9.78. The van der Waals surface area contributed by atoms with Crippen molar-refractivity contribution in [2.45, 2.75) is 24.8 Å². The molecule has 6 nitrogen and oxygen atoms in total. The zero-order valence-corrected chi connectivity index (χ0v) is 18.6. The Morgan fingerprint density at radius 1 is 0.879 bits per heavy atom. The highest BCUT2D eigenvalue weighted by atomic mass is 16.5. The van der Waals surface area contributed by atoms with Gasteiger partial charge in [0.2, 0.25) is 0 Å². The Bertz CT molecular complexity index is 1230. The average Bonchev–Trinajstić information content (AvgIpc) is 3.01. The minimum Gasteiger partial charge on any atom is -0.504 e. The van der Waals surface area contributed by atoms with Crippen molar-refractivity contribution < 1.29 is 19.4 Å². The number of carbonyl (C=O) groups excluding carboxylic acids is 1. The van der Waals surface area contributed by atoms with E-state index in [1.165, 1.54) is 7.11 Å². The van der Waals surface area contributed by atoms with E-state index in [0.29, 0.717) is 24.2 Å². The SMILES string of the molecule is COc1ccc([C@H]2CC(=O)C3=C(C2)Nc2ccccc2N[C@H]3c2ccc(OC)c(O)c2)cc1. The number of nitrogens with one attached hydrogen (secondary N) is 2. The molecular weight excluding hydrogens is 416 g/mol. The molecule has 5 rings (SSSR count). The third kappa shape index (κ3) is 3.89. The van der Waals surface area contributed by atoms with E-state index in [1.807, 2.05) is 54.6 Å². The lowest BCUT2D eigenvalue weighted by Gasteiger charge is -2.30. The van der Waals surface area contributed by atoms with E-state index >= 15 is 0 Å². The van der Waals surface area contributed by atoms with Crippen molar-refractivity contribution >= 4 is 17.2 Å². The highest BCUT2D eigenvalue weighted by molar-refractivity contribution is 6.01. The number of fused-ring (bicyclic) bond motifs is 1. The number of hydrogen-bond donors (Lipinski definition) is 3. The first-order chi connectivity index (χ1) is 16.1. The van der Waals surface area contributed by atoms with E-state index in [4.69, 9.17) is 9.47 Å². The Morgan fingerprint density at radius 2 is 1.61 bits per heavy atom. The molecular formula is C27H26N2O4. The largest absolute Gasteiger partial charge is 0.504 e. The summed E-state index contributed by atoms with van der Waals surface area (Å²) in [4.78, 5) is 13.6. The van der Waals surface area contributed by atoms with E-state index in [9.17, 15) is 9.90 Å². The fourth-order valence-electron chi connectivity index (χ4n) is 4.74. The first-order valence-corrected chi connectivity index (χ1v) is 11.0. The Labute approximate surface area is 192 Å². The highest BCUT2D eigenvalue weighted by Gasteiger charge is 2.36. The van der Waals surface area contributed by atoms with Gasteiger partial charge in [0, 0.05) is 17.7 Å². The number of rotatable bonds is 4. The molecule has 0 saturated carbocycles. The molecule has 0 fully saturated rings. The minimum atomic E-state index is -0.391. The number of hydrogen-bond acceptors (Lipinski definition) is 6. The molecule has 0 bridgehead atoms. The van der Waals surface area contributed by atoms with Crippen LogP contribution in [0.15, 0.2) is 78.0 Å². The van der Waals surface area contributed by atoms with Crippen LogP contribution in [0, 0.1) is 0 Å². The summed E-state index contributed by atoms with van der Waals surface area (Å²) in [6.45, 7) is 0. The summed E-state index contributed by atoms with van der Waals surface area (Å²) in [5.74, 6) is 1.40. The second-order valence-corrected chi connectivity index (χ2v) is 8.37. The van der Waals surface area contributed by atoms with Gasteiger partial charge < -0.3 is 25.2 Å². The third-order valence-corrected chi connectivity index (χ3v) is 6.43. The maximum atomic E-state index is 13.6. The van der Waals surface area contributed by atoms with Gasteiger partial charge in [0.05, 0.1) is 31.6 Å². The number of Topliss-reactive ketones (excluding diaryl/α,β-unsaturated/α-hetero) is 1. The molecule has 0 amide bonds. The summed E-state index contributed by atoms with van der Waals surface area (Å²) >= 11 is 0. The van der Waals surface area contributed by atoms with Gasteiger partial charge in [0.25, 0.3) is 0 Å². The van der Waals surface area contributed by atoms with Gasteiger partial charge in [-0.3, -0.25) is 4.79 Å². The number of phenols is 1. The Morgan fingerprint density at radius 3 is 2.30 bits per heavy atom. The Kier molecular flexibility index (Phi) is 5.42. The maximum Gasteiger partial charge on any atom is 0.163 e. The van der Waals surface area contributed by atoms with E-state index < -0.39 is 6.04 Å². The number of aromatic hydroxyl groups is 1. The summed E-state index contributed by atoms with van der Waals surface area (Å²) in [5, 5.41) is 17.5. The number of carbonyl (C=O) groups is 1. The fourth-order valence-corrected chi connectivity index (χ4v) is 4.74. The van der Waals surface area contributed by atoms with Gasteiger partial charge in [0.1, 0.15) is 5.75 Å². The van der Waals surface area contributed by atoms with Crippen LogP contribution < -0.4 is 20.1 Å². The van der Waals surface area contributed by atoms with Crippen molar-refractivity contribution in [2.75, 3.05) is 24.9 Å². The van der Waals surface area contributed by atoms with Crippen LogP contribution in [0.3, 0.4) is 0 Å². The molecule has 2 aliphatic rings. The van der Waals surface area contributed by atoms with E-state index in [1.54, 1.807) is 19.2 Å². The number of methoxy groups -OCH3 is 2. The van der Waals surface area contributed by atoms with Crippen LogP contribution in [0.5, 0.6) is 17.2 Å². The van der Waals surface area contributed by atoms with E-state index in [0.717, 1.165) is 33.9 Å². The Balaban J connectivity index is 1.58. The third-order valence-electron chi connectivity index (χ3n) is 6.43. The zero-order chi connectivity index (χ0) is 22.9. The van der Waals surface area contributed by atoms with Gasteiger partial charge in [-0.05, 0) is 59.9 Å². The number of ketones is 1. The topological polar surface area (TPSA) is 79.8 Å². The summed E-state index contributed by atoms with van der Waals surface area (Å²) in [5.41, 5.74) is 5.36. The maximum absolute atomic E-state index is 13.6. The number of para-hydroxylation sites is 2. The van der Waals surface area contributed by atoms with Crippen molar-refractivity contribution in [1.82, 2.24) is 0 Å². The molecule has 0 spiro atoms. The lowest BCUT2D eigenvalue weighted by Crippen LogP contribution is -2.26. The number of phenolic OH excluding ortho intramolecular Hbond substituents is 1. The quantitative estimate of drug-likeness (QED) is 0.503. The molecule has 3 aromatic rings. The fraction of sp³-hybridized carbons (Fsp3) is 0.222. The van der Waals surface area contributed by atoms with Crippen LogP contribution in [0.25, 0.3) is 0 Å². The Hall–Kier alpha value is -3.93. The van der Waals surface area contributed by atoms with E-state index in [-0.39, 0.29) is 17.5 Å². The van der Waals surface area contributed by atoms with Crippen LogP contribution in [-0.4, -0.2) is 25.1 Å². The molecule has 0 saturated heterocycles. The number of benzene rings is 3. The molecule has 3 aromatic carbocycles. The van der Waals surface area contributed by atoms with Crippen LogP contribution in [-0.2, 0) is 4.79 Å². The second-order valence-electron chi connectivity index (χ2n) is 8.37. The predicted molar refractivity (Wildman–Crippen MR) is 128 cm³/mol. The average molecular weight is 443 g/mol. The zero-order valence-electron chi connectivity index (χ0n) is 18.6. The van der Waals surface area contributed by atoms with Gasteiger partial charge >= 0.3 is 0 Å². The van der Waals surface area contributed by atoms with Gasteiger partial charge in [-0.25, -0.2) is 0 Å². The molecule has 168 valence electrons. The molecule has 0 unspecified atom stereocenters. The van der Waals surface area contributed by atoms with Crippen molar-refractivity contribution in [1.29, 1.82) is 0 Å². The van der Waals surface area contributed by atoms with E-state index in [2.05, 4.69) is 10.6 Å². The predicted octanol–water partition coefficient (Wildman–Crippen LogP) is 5.39. The van der Waals surface area contributed by atoms with Crippen LogP contribution in [0.2, 0.25) is 0 Å². The number of anilines is 2. The second kappa shape index (κ2) is 8.54. The highest BCUT2D eigenvalue weighted by Crippen LogP contribution is 2.45. The molecule has 2 atom stereocenters. The van der Waals surface area contributed by atoms with Crippen molar-refractivity contribution in [3.05, 3.63) is 89.1 Å². The normalized spacial score (nSPS) is 19.5. The van der Waals surface area contributed by atoms with Crippen molar-refractivity contribution in [3.63, 3.8) is 0 Å². The first-order valence-electron chi connectivity index (χ1n) is 11.0. The standard InChI is InChI=1S/C27H26N2O4/c1-32-19-10-7-16(8-11-19)18-13-22-26(24(31)15-18)27(17-9-12-25(33-2)23(30)14-17)29-21-6-4-3-5-20(21)28-22/h3-12,14,18,27-30H,13,15H2,1-2H3/t18-,27+/m1/s1. The summed E-state index contributed by atoms with van der Waals surface area (Å²) in [7, 11) is 3.16. The monoisotopic (exact) mass is 442 g/mol. The van der Waals surface area contributed by atoms with Crippen molar-refractivity contribution in [3.8, 4) is 17.2 Å². The smallest absolute Gasteiger partial charge is 0.163 e. The van der Waals surface area contributed by atoms with Gasteiger partial charge in [-0.15, -0.1) is 0 Å².